The van der Waals surface area contributed by atoms with Crippen molar-refractivity contribution in [3.8, 4) is 0 Å². The number of benzene rings is 2. The molecule has 1 amide bonds. The summed E-state index contributed by atoms with van der Waals surface area (Å²) in [6.07, 6.45) is 4.68. The minimum Gasteiger partial charge on any atom is -0.274 e. The molecule has 1 N–H and O–H groups in total. The lowest BCUT2D eigenvalue weighted by Gasteiger charge is -2.16. The van der Waals surface area contributed by atoms with E-state index in [1.807, 2.05) is 30.5 Å². The first-order chi connectivity index (χ1) is 11.8. The van der Waals surface area contributed by atoms with E-state index >= 15 is 0 Å². The molecule has 0 aliphatic heterocycles. The van der Waals surface area contributed by atoms with Crippen molar-refractivity contribution in [2.45, 2.75) is 4.90 Å². The van der Waals surface area contributed by atoms with Gasteiger partial charge in [-0.1, -0.05) is 12.1 Å². The minimum absolute atomic E-state index is 0.370. The van der Waals surface area contributed by atoms with Crippen molar-refractivity contribution in [1.29, 1.82) is 0 Å². The second-order valence-electron chi connectivity index (χ2n) is 5.25. The number of amides is 1. The molecule has 2 aromatic carbocycles. The van der Waals surface area contributed by atoms with Gasteiger partial charge in [0.2, 0.25) is 10.0 Å². The lowest BCUT2D eigenvalue weighted by atomic mass is 10.2. The van der Waals surface area contributed by atoms with Crippen molar-refractivity contribution in [2.24, 2.45) is 5.10 Å². The number of rotatable bonds is 6. The van der Waals surface area contributed by atoms with Crippen LogP contribution in [0.15, 0.2) is 58.5 Å². The van der Waals surface area contributed by atoms with Gasteiger partial charge >= 0.3 is 0 Å². The van der Waals surface area contributed by atoms with Gasteiger partial charge in [-0.25, -0.2) is 13.8 Å². The first-order valence-electron chi connectivity index (χ1n) is 7.32. The van der Waals surface area contributed by atoms with Crippen LogP contribution in [-0.4, -0.2) is 40.1 Å². The van der Waals surface area contributed by atoms with Crippen LogP contribution in [0, 0.1) is 0 Å². The molecule has 0 aliphatic rings. The number of nitrogens with one attached hydrogen (secondary N) is 1. The topological polar surface area (TPSA) is 78.8 Å². The van der Waals surface area contributed by atoms with Gasteiger partial charge in [0.15, 0.2) is 0 Å². The lowest BCUT2D eigenvalue weighted by molar-refractivity contribution is 0.0955. The summed E-state index contributed by atoms with van der Waals surface area (Å²) >= 11 is 1.65. The monoisotopic (exact) mass is 377 g/mol. The number of anilines is 1. The van der Waals surface area contributed by atoms with Crippen molar-refractivity contribution >= 4 is 39.6 Å². The van der Waals surface area contributed by atoms with Crippen LogP contribution in [0.1, 0.15) is 15.9 Å². The van der Waals surface area contributed by atoms with Gasteiger partial charge in [0.1, 0.15) is 0 Å². The third-order valence-corrected chi connectivity index (χ3v) is 5.44. The Morgan fingerprint density at radius 3 is 2.24 bits per heavy atom. The van der Waals surface area contributed by atoms with Gasteiger partial charge in [0.05, 0.1) is 18.2 Å². The number of hydrogen-bond acceptors (Lipinski definition) is 5. The average Bonchev–Trinajstić information content (AvgIpc) is 2.61. The Hall–Kier alpha value is -2.32. The summed E-state index contributed by atoms with van der Waals surface area (Å²) in [5.41, 5.74) is 4.20. The number of sulfonamides is 1. The van der Waals surface area contributed by atoms with Crippen LogP contribution in [-0.2, 0) is 10.0 Å². The molecular formula is C17H19N3O3S2. The summed E-state index contributed by atoms with van der Waals surface area (Å²) in [6.45, 7) is 0. The highest BCUT2D eigenvalue weighted by Crippen LogP contribution is 2.16. The molecule has 0 atom stereocenters. The van der Waals surface area contributed by atoms with Gasteiger partial charge < -0.3 is 0 Å². The van der Waals surface area contributed by atoms with E-state index in [-0.39, 0.29) is 5.91 Å². The number of hydrogen-bond donors (Lipinski definition) is 1. The summed E-state index contributed by atoms with van der Waals surface area (Å²) in [7, 11) is -1.88. The van der Waals surface area contributed by atoms with Crippen molar-refractivity contribution < 1.29 is 13.2 Å². The van der Waals surface area contributed by atoms with E-state index in [2.05, 4.69) is 10.5 Å². The predicted molar refractivity (Wildman–Crippen MR) is 103 cm³/mol. The van der Waals surface area contributed by atoms with Gasteiger partial charge in [-0.2, -0.15) is 5.10 Å². The van der Waals surface area contributed by atoms with Crippen molar-refractivity contribution in [2.75, 3.05) is 23.9 Å². The highest BCUT2D eigenvalue weighted by molar-refractivity contribution is 7.98. The number of carbonyl (C=O) groups is 1. The summed E-state index contributed by atoms with van der Waals surface area (Å²) in [4.78, 5) is 13.2. The van der Waals surface area contributed by atoms with E-state index in [4.69, 9.17) is 0 Å². The van der Waals surface area contributed by atoms with Crippen LogP contribution in [0.5, 0.6) is 0 Å². The maximum absolute atomic E-state index is 12.1. The van der Waals surface area contributed by atoms with E-state index in [1.54, 1.807) is 42.2 Å². The fourth-order valence-electron chi connectivity index (χ4n) is 1.93. The molecule has 2 aromatic rings. The summed E-state index contributed by atoms with van der Waals surface area (Å²) in [6, 6.07) is 14.0. The Balaban J connectivity index is 1.99. The van der Waals surface area contributed by atoms with Crippen LogP contribution < -0.4 is 9.73 Å². The SMILES string of the molecule is CSc1ccc(/C=N\NC(=O)c2ccc(N(C)S(C)(=O)=O)cc2)cc1. The molecule has 132 valence electrons. The maximum Gasteiger partial charge on any atom is 0.271 e. The first-order valence-corrected chi connectivity index (χ1v) is 10.4. The molecule has 6 nitrogen and oxygen atoms in total. The van der Waals surface area contributed by atoms with Gasteiger partial charge in [-0.05, 0) is 48.2 Å². The van der Waals surface area contributed by atoms with E-state index in [0.29, 0.717) is 11.3 Å². The van der Waals surface area contributed by atoms with Crippen molar-refractivity contribution in [3.05, 3.63) is 59.7 Å². The molecule has 2 rings (SSSR count). The van der Waals surface area contributed by atoms with E-state index in [9.17, 15) is 13.2 Å². The Morgan fingerprint density at radius 1 is 1.12 bits per heavy atom. The summed E-state index contributed by atoms with van der Waals surface area (Å²) in [5.74, 6) is -0.370. The third-order valence-electron chi connectivity index (χ3n) is 3.49. The zero-order valence-corrected chi connectivity index (χ0v) is 15.8. The van der Waals surface area contributed by atoms with E-state index < -0.39 is 10.0 Å². The molecule has 0 bridgehead atoms. The Bertz CT molecular complexity index is 861. The normalized spacial score (nSPS) is 11.5. The van der Waals surface area contributed by atoms with Crippen LogP contribution >= 0.6 is 11.8 Å². The van der Waals surface area contributed by atoms with E-state index in [1.165, 1.54) is 7.05 Å². The summed E-state index contributed by atoms with van der Waals surface area (Å²) in [5, 5.41) is 3.93. The number of nitrogens with zero attached hydrogens (tertiary/aromatic N) is 2. The first kappa shape index (κ1) is 19.0. The number of hydrazone groups is 1. The lowest BCUT2D eigenvalue weighted by Crippen LogP contribution is -2.25. The number of thioether (sulfide) groups is 1. The molecule has 0 saturated carbocycles. The minimum atomic E-state index is -3.33. The van der Waals surface area contributed by atoms with Gasteiger partial charge in [-0.3, -0.25) is 9.10 Å². The molecule has 25 heavy (non-hydrogen) atoms. The zero-order chi connectivity index (χ0) is 18.4. The second kappa shape index (κ2) is 8.17. The van der Waals surface area contributed by atoms with Crippen LogP contribution in [0.2, 0.25) is 0 Å². The molecule has 0 heterocycles. The Labute approximate surface area is 152 Å². The quantitative estimate of drug-likeness (QED) is 0.477. The second-order valence-corrected chi connectivity index (χ2v) is 8.14. The molecule has 0 fully saturated rings. The molecule has 0 saturated heterocycles. The molecule has 0 spiro atoms. The molecule has 0 radical (unpaired) electrons. The zero-order valence-electron chi connectivity index (χ0n) is 14.1. The Kier molecular flexibility index (Phi) is 6.22. The van der Waals surface area contributed by atoms with Crippen LogP contribution in [0.4, 0.5) is 5.69 Å². The molecular weight excluding hydrogens is 358 g/mol. The van der Waals surface area contributed by atoms with Crippen molar-refractivity contribution in [1.82, 2.24) is 5.43 Å². The molecule has 0 aliphatic carbocycles. The third kappa shape index (κ3) is 5.33. The predicted octanol–water partition coefficient (Wildman–Crippen LogP) is 2.57. The van der Waals surface area contributed by atoms with Crippen LogP contribution in [0.3, 0.4) is 0 Å². The van der Waals surface area contributed by atoms with Gasteiger partial charge in [-0.15, -0.1) is 11.8 Å². The highest BCUT2D eigenvalue weighted by Gasteiger charge is 2.12. The van der Waals surface area contributed by atoms with Gasteiger partial charge in [0, 0.05) is 17.5 Å². The highest BCUT2D eigenvalue weighted by atomic mass is 32.2. The largest absolute Gasteiger partial charge is 0.274 e. The van der Waals surface area contributed by atoms with Crippen molar-refractivity contribution in [3.63, 3.8) is 0 Å². The van der Waals surface area contributed by atoms with Crippen LogP contribution in [0.25, 0.3) is 0 Å². The molecule has 8 heteroatoms. The fraction of sp³-hybridized carbons (Fsp3) is 0.176. The molecule has 0 unspecified atom stereocenters. The summed E-state index contributed by atoms with van der Waals surface area (Å²) < 4.78 is 24.1. The smallest absolute Gasteiger partial charge is 0.271 e. The Morgan fingerprint density at radius 2 is 1.72 bits per heavy atom. The standard InChI is InChI=1S/C17H19N3O3S2/c1-20(25(3,22)23)15-8-6-14(7-9-15)17(21)19-18-12-13-4-10-16(24-2)11-5-13/h4-12H,1-3H3,(H,19,21)/b18-12-. The fourth-order valence-corrected chi connectivity index (χ4v) is 2.85. The molecule has 0 aromatic heterocycles. The van der Waals surface area contributed by atoms with Gasteiger partial charge in [0.25, 0.3) is 5.91 Å². The number of carbonyl (C=O) groups excluding carboxylic acids is 1. The maximum atomic E-state index is 12.1. The van der Waals surface area contributed by atoms with E-state index in [0.717, 1.165) is 21.0 Å². The average molecular weight is 377 g/mol.